The Morgan fingerprint density at radius 3 is 2.42 bits per heavy atom. The van der Waals surface area contributed by atoms with Crippen LogP contribution in [0.1, 0.15) is 49.7 Å². The van der Waals surface area contributed by atoms with E-state index >= 15 is 0 Å². The lowest BCUT2D eigenvalue weighted by atomic mass is 9.85. The Morgan fingerprint density at radius 2 is 1.79 bits per heavy atom. The molecule has 1 aromatic carbocycles. The van der Waals surface area contributed by atoms with Crippen molar-refractivity contribution in [2.75, 3.05) is 11.1 Å². The summed E-state index contributed by atoms with van der Waals surface area (Å²) in [4.78, 5) is 0. The zero-order valence-electron chi connectivity index (χ0n) is 12.0. The molecule has 19 heavy (non-hydrogen) atoms. The van der Waals surface area contributed by atoms with E-state index in [2.05, 4.69) is 58.9 Å². The van der Waals surface area contributed by atoms with Gasteiger partial charge in [0.2, 0.25) is 0 Å². The fraction of sp³-hybridized carbons (Fsp3) is 0.647. The maximum atomic E-state index is 3.79. The minimum absolute atomic E-state index is 0.559. The first-order chi connectivity index (χ1) is 9.26. The van der Waals surface area contributed by atoms with Crippen molar-refractivity contribution in [1.82, 2.24) is 0 Å². The Labute approximate surface area is 130 Å². The normalized spacial score (nSPS) is 19.1. The molecule has 2 rings (SSSR count). The van der Waals surface area contributed by atoms with Crippen LogP contribution in [0.3, 0.4) is 0 Å². The van der Waals surface area contributed by atoms with Gasteiger partial charge in [0.1, 0.15) is 0 Å². The van der Waals surface area contributed by atoms with Crippen LogP contribution in [0.2, 0.25) is 0 Å². The predicted molar refractivity (Wildman–Crippen MR) is 91.3 cm³/mol. The molecule has 1 aromatic rings. The van der Waals surface area contributed by atoms with Crippen molar-refractivity contribution >= 4 is 27.7 Å². The third-order valence-electron chi connectivity index (χ3n) is 4.37. The molecule has 2 heteroatoms. The second-order valence-electron chi connectivity index (χ2n) is 5.97. The van der Waals surface area contributed by atoms with Crippen molar-refractivity contribution in [1.29, 1.82) is 0 Å². The summed E-state index contributed by atoms with van der Waals surface area (Å²) >= 11 is 5.92. The van der Waals surface area contributed by atoms with E-state index < -0.39 is 0 Å². The fourth-order valence-corrected chi connectivity index (χ4v) is 5.44. The average Bonchev–Trinajstić information content (AvgIpc) is 2.67. The lowest BCUT2D eigenvalue weighted by Gasteiger charge is -2.30. The minimum atomic E-state index is 0.559. The van der Waals surface area contributed by atoms with Crippen molar-refractivity contribution in [2.45, 2.75) is 51.2 Å². The summed E-state index contributed by atoms with van der Waals surface area (Å²) in [7, 11) is 0. The smallest absolute Gasteiger partial charge is 0.0187 e. The Hall–Kier alpha value is 0.0500. The molecular weight excluding hydrogens is 316 g/mol. The zero-order chi connectivity index (χ0) is 13.6. The standard InChI is InChI=1S/C17H25BrS/c1-15-8-4-5-9-16(15)12-19-14-17(13-18)10-6-2-3-7-11-17/h4-5,8-9H,2-3,6-7,10-14H2,1H3. The Morgan fingerprint density at radius 1 is 1.11 bits per heavy atom. The van der Waals surface area contributed by atoms with E-state index in [-0.39, 0.29) is 0 Å². The topological polar surface area (TPSA) is 0 Å². The monoisotopic (exact) mass is 340 g/mol. The molecule has 0 N–H and O–H groups in total. The lowest BCUT2D eigenvalue weighted by Crippen LogP contribution is -2.25. The van der Waals surface area contributed by atoms with Gasteiger partial charge in [0.25, 0.3) is 0 Å². The van der Waals surface area contributed by atoms with Crippen LogP contribution in [0.5, 0.6) is 0 Å². The maximum Gasteiger partial charge on any atom is 0.0187 e. The Bertz CT molecular complexity index is 381. The van der Waals surface area contributed by atoms with Crippen molar-refractivity contribution in [3.63, 3.8) is 0 Å². The highest BCUT2D eigenvalue weighted by Gasteiger charge is 2.29. The first kappa shape index (κ1) is 15.4. The third-order valence-corrected chi connectivity index (χ3v) is 6.90. The molecule has 0 bridgehead atoms. The number of benzene rings is 1. The number of rotatable bonds is 5. The van der Waals surface area contributed by atoms with Crippen molar-refractivity contribution < 1.29 is 0 Å². The highest BCUT2D eigenvalue weighted by atomic mass is 79.9. The molecule has 0 saturated heterocycles. The summed E-state index contributed by atoms with van der Waals surface area (Å²) in [5.41, 5.74) is 3.50. The van der Waals surface area contributed by atoms with Gasteiger partial charge in [0, 0.05) is 16.8 Å². The lowest BCUT2D eigenvalue weighted by molar-refractivity contribution is 0.334. The number of hydrogen-bond acceptors (Lipinski definition) is 1. The zero-order valence-corrected chi connectivity index (χ0v) is 14.4. The maximum absolute atomic E-state index is 3.79. The average molecular weight is 341 g/mol. The molecule has 1 aliphatic carbocycles. The molecule has 1 aliphatic rings. The largest absolute Gasteiger partial charge is 0.157 e. The molecule has 0 heterocycles. The van der Waals surface area contributed by atoms with E-state index in [1.807, 2.05) is 0 Å². The predicted octanol–water partition coefficient (Wildman–Crippen LogP) is 5.96. The molecule has 0 aliphatic heterocycles. The van der Waals surface area contributed by atoms with Crippen LogP contribution in [0.4, 0.5) is 0 Å². The van der Waals surface area contributed by atoms with Gasteiger partial charge in [0.05, 0.1) is 0 Å². The molecular formula is C17H25BrS. The van der Waals surface area contributed by atoms with Crippen LogP contribution in [0, 0.1) is 12.3 Å². The molecule has 0 atom stereocenters. The van der Waals surface area contributed by atoms with E-state index in [9.17, 15) is 0 Å². The summed E-state index contributed by atoms with van der Waals surface area (Å²) < 4.78 is 0. The molecule has 0 unspecified atom stereocenters. The molecule has 1 fully saturated rings. The van der Waals surface area contributed by atoms with Gasteiger partial charge in [-0.15, -0.1) is 0 Å². The number of halogens is 1. The van der Waals surface area contributed by atoms with Crippen LogP contribution in [-0.4, -0.2) is 11.1 Å². The van der Waals surface area contributed by atoms with Crippen molar-refractivity contribution in [2.24, 2.45) is 5.41 Å². The van der Waals surface area contributed by atoms with Crippen LogP contribution in [0.25, 0.3) is 0 Å². The molecule has 0 aromatic heterocycles. The quantitative estimate of drug-likeness (QED) is 0.470. The van der Waals surface area contributed by atoms with Gasteiger partial charge in [0.15, 0.2) is 0 Å². The Kier molecular flexibility index (Phi) is 6.28. The molecule has 106 valence electrons. The minimum Gasteiger partial charge on any atom is -0.157 e. The van der Waals surface area contributed by atoms with Gasteiger partial charge in [-0.2, -0.15) is 11.8 Å². The number of thioether (sulfide) groups is 1. The van der Waals surface area contributed by atoms with Crippen molar-refractivity contribution in [3.05, 3.63) is 35.4 Å². The van der Waals surface area contributed by atoms with E-state index in [0.717, 1.165) is 0 Å². The number of aryl methyl sites for hydroxylation is 1. The summed E-state index contributed by atoms with van der Waals surface area (Å²) in [6.07, 6.45) is 8.57. The summed E-state index contributed by atoms with van der Waals surface area (Å²) in [5, 5.41) is 1.18. The first-order valence-corrected chi connectivity index (χ1v) is 9.72. The van der Waals surface area contributed by atoms with E-state index in [4.69, 9.17) is 0 Å². The van der Waals surface area contributed by atoms with Crippen LogP contribution in [-0.2, 0) is 5.75 Å². The van der Waals surface area contributed by atoms with Gasteiger partial charge in [-0.25, -0.2) is 0 Å². The third kappa shape index (κ3) is 4.53. The van der Waals surface area contributed by atoms with Crippen molar-refractivity contribution in [3.8, 4) is 0 Å². The van der Waals surface area contributed by atoms with Gasteiger partial charge in [-0.3, -0.25) is 0 Å². The molecule has 0 amide bonds. The highest BCUT2D eigenvalue weighted by Crippen LogP contribution is 2.40. The van der Waals surface area contributed by atoms with Gasteiger partial charge in [-0.05, 0) is 36.3 Å². The molecule has 0 nitrogen and oxygen atoms in total. The van der Waals surface area contributed by atoms with Gasteiger partial charge >= 0.3 is 0 Å². The highest BCUT2D eigenvalue weighted by molar-refractivity contribution is 9.09. The second-order valence-corrected chi connectivity index (χ2v) is 7.51. The van der Waals surface area contributed by atoms with Crippen LogP contribution < -0.4 is 0 Å². The van der Waals surface area contributed by atoms with Gasteiger partial charge in [-0.1, -0.05) is 65.9 Å². The number of hydrogen-bond donors (Lipinski definition) is 0. The molecule has 0 spiro atoms. The summed E-state index contributed by atoms with van der Waals surface area (Å²) in [5.74, 6) is 2.48. The fourth-order valence-electron chi connectivity index (χ4n) is 2.94. The van der Waals surface area contributed by atoms with E-state index in [1.54, 1.807) is 0 Å². The van der Waals surface area contributed by atoms with Crippen LogP contribution >= 0.6 is 27.7 Å². The molecule has 0 radical (unpaired) electrons. The van der Waals surface area contributed by atoms with Crippen LogP contribution in [0.15, 0.2) is 24.3 Å². The van der Waals surface area contributed by atoms with E-state index in [0.29, 0.717) is 5.41 Å². The Balaban J connectivity index is 1.87. The second kappa shape index (κ2) is 7.73. The first-order valence-electron chi connectivity index (χ1n) is 7.44. The van der Waals surface area contributed by atoms with Gasteiger partial charge < -0.3 is 0 Å². The summed E-state index contributed by atoms with van der Waals surface area (Å²) in [6, 6.07) is 8.79. The molecule has 1 saturated carbocycles. The number of alkyl halides is 1. The summed E-state index contributed by atoms with van der Waals surface area (Å²) in [6.45, 7) is 2.22. The van der Waals surface area contributed by atoms with E-state index in [1.165, 1.54) is 66.5 Å². The SMILES string of the molecule is Cc1ccccc1CSCC1(CBr)CCCCCC1.